The van der Waals surface area contributed by atoms with Gasteiger partial charge in [0.15, 0.2) is 0 Å². The molecule has 1 aliphatic rings. The number of anilines is 1. The molecule has 0 saturated heterocycles. The van der Waals surface area contributed by atoms with E-state index in [1.54, 1.807) is 37.5 Å². The molecule has 1 aromatic heterocycles. The van der Waals surface area contributed by atoms with Gasteiger partial charge in [-0.3, -0.25) is 14.6 Å². The van der Waals surface area contributed by atoms with Crippen LogP contribution < -0.4 is 16.4 Å². The SMILES string of the molecule is CNC(Cc1cc(F)cc(F)c1)c1ncccc1-c1cccc(C(N)=O)c1.O=CCC1C(=O)Nc2ccccc21. The second-order valence-electron chi connectivity index (χ2n) is 9.24. The minimum absolute atomic E-state index is 0.0756. The fraction of sp³-hybridized carbons (Fsp3) is 0.161. The van der Waals surface area contributed by atoms with Gasteiger partial charge >= 0.3 is 0 Å². The third-order valence-corrected chi connectivity index (χ3v) is 6.58. The lowest BCUT2D eigenvalue weighted by Crippen LogP contribution is -2.21. The van der Waals surface area contributed by atoms with Crippen LogP contribution in [0, 0.1) is 11.6 Å². The van der Waals surface area contributed by atoms with Crippen molar-refractivity contribution in [1.29, 1.82) is 0 Å². The van der Waals surface area contributed by atoms with Crippen LogP contribution in [-0.4, -0.2) is 30.1 Å². The summed E-state index contributed by atoms with van der Waals surface area (Å²) in [6.45, 7) is 0. The minimum atomic E-state index is -0.616. The molecule has 2 heterocycles. The second kappa shape index (κ2) is 12.9. The van der Waals surface area contributed by atoms with E-state index < -0.39 is 17.5 Å². The highest BCUT2D eigenvalue weighted by Gasteiger charge is 2.29. The van der Waals surface area contributed by atoms with Crippen LogP contribution in [0.3, 0.4) is 0 Å². The number of amides is 2. The number of likely N-dealkylation sites (N-methyl/N-ethyl adjacent to an activating group) is 1. The van der Waals surface area contributed by atoms with Gasteiger partial charge in [-0.2, -0.15) is 0 Å². The normalized spacial score (nSPS) is 14.4. The Morgan fingerprint density at radius 1 is 1.05 bits per heavy atom. The molecule has 0 fully saturated rings. The molecule has 204 valence electrons. The smallest absolute Gasteiger partial charge is 0.248 e. The zero-order valence-corrected chi connectivity index (χ0v) is 21.7. The summed E-state index contributed by atoms with van der Waals surface area (Å²) in [5.74, 6) is -2.10. The van der Waals surface area contributed by atoms with Crippen molar-refractivity contribution in [3.8, 4) is 11.1 Å². The summed E-state index contributed by atoms with van der Waals surface area (Å²) in [6, 6.07) is 21.3. The van der Waals surface area contributed by atoms with Crippen LogP contribution in [0.1, 0.15) is 45.6 Å². The van der Waals surface area contributed by atoms with Gasteiger partial charge in [0.1, 0.15) is 17.9 Å². The molecule has 0 aliphatic carbocycles. The summed E-state index contributed by atoms with van der Waals surface area (Å²) in [4.78, 5) is 37.7. The van der Waals surface area contributed by atoms with Gasteiger partial charge in [0, 0.05) is 35.5 Å². The number of aldehydes is 1. The monoisotopic (exact) mass is 542 g/mol. The van der Waals surface area contributed by atoms with Crippen molar-refractivity contribution >= 4 is 23.8 Å². The summed E-state index contributed by atoms with van der Waals surface area (Å²) in [5, 5.41) is 5.89. The van der Waals surface area contributed by atoms with Gasteiger partial charge < -0.3 is 21.2 Å². The number of aromatic nitrogens is 1. The average molecular weight is 543 g/mol. The molecule has 0 spiro atoms. The fourth-order valence-electron chi connectivity index (χ4n) is 4.69. The zero-order chi connectivity index (χ0) is 28.6. The Hall–Kier alpha value is -4.76. The van der Waals surface area contributed by atoms with Crippen LogP contribution in [0.2, 0.25) is 0 Å². The molecule has 1 aliphatic heterocycles. The Morgan fingerprint density at radius 2 is 1.80 bits per heavy atom. The van der Waals surface area contributed by atoms with E-state index in [0.29, 0.717) is 23.2 Å². The van der Waals surface area contributed by atoms with Gasteiger partial charge in [0.05, 0.1) is 17.7 Å². The number of rotatable bonds is 8. The molecule has 7 nitrogen and oxygen atoms in total. The van der Waals surface area contributed by atoms with Gasteiger partial charge in [-0.15, -0.1) is 0 Å². The number of nitrogens with two attached hydrogens (primary N) is 1. The van der Waals surface area contributed by atoms with Crippen molar-refractivity contribution < 1.29 is 23.2 Å². The number of pyridine rings is 1. The topological polar surface area (TPSA) is 114 Å². The third kappa shape index (κ3) is 6.62. The molecule has 0 bridgehead atoms. The lowest BCUT2D eigenvalue weighted by molar-refractivity contribution is -0.119. The van der Waals surface area contributed by atoms with Crippen molar-refractivity contribution in [2.75, 3.05) is 12.4 Å². The summed E-state index contributed by atoms with van der Waals surface area (Å²) >= 11 is 0. The standard InChI is InChI=1S/C21H19F2N3O.C10H9NO2/c1-25-19(10-13-8-16(22)12-17(23)9-13)20-18(6-3-7-26-20)14-4-2-5-15(11-14)21(24)27;12-6-5-8-7-3-1-2-4-9(7)11-10(8)13/h2-9,11-12,19,25H,10H2,1H3,(H2,24,27);1-4,6,8H,5H2,(H,11,13). The van der Waals surface area contributed by atoms with Crippen molar-refractivity contribution in [2.24, 2.45) is 5.73 Å². The first-order valence-electron chi connectivity index (χ1n) is 12.6. The van der Waals surface area contributed by atoms with Crippen LogP contribution in [0.25, 0.3) is 11.1 Å². The largest absolute Gasteiger partial charge is 0.366 e. The summed E-state index contributed by atoms with van der Waals surface area (Å²) in [5.41, 5.74) is 10.4. The number of hydrogen-bond acceptors (Lipinski definition) is 5. The van der Waals surface area contributed by atoms with Gasteiger partial charge in [0.2, 0.25) is 11.8 Å². The molecular formula is C31H28F2N4O3. The number of hydrogen-bond donors (Lipinski definition) is 3. The van der Waals surface area contributed by atoms with Crippen LogP contribution in [-0.2, 0) is 16.0 Å². The Kier molecular flexibility index (Phi) is 9.08. The van der Waals surface area contributed by atoms with Gasteiger partial charge in [-0.25, -0.2) is 8.78 Å². The average Bonchev–Trinajstić information content (AvgIpc) is 3.26. The maximum absolute atomic E-state index is 13.5. The van der Waals surface area contributed by atoms with E-state index in [1.807, 2.05) is 36.4 Å². The van der Waals surface area contributed by atoms with E-state index in [9.17, 15) is 23.2 Å². The maximum atomic E-state index is 13.5. The minimum Gasteiger partial charge on any atom is -0.366 e. The molecule has 2 atom stereocenters. The Balaban J connectivity index is 0.000000236. The van der Waals surface area contributed by atoms with E-state index in [0.717, 1.165) is 34.7 Å². The number of carbonyl (C=O) groups excluding carboxylic acids is 3. The Labute approximate surface area is 230 Å². The predicted octanol–water partition coefficient (Wildman–Crippen LogP) is 4.94. The number of benzene rings is 3. The van der Waals surface area contributed by atoms with Gasteiger partial charge in [0.25, 0.3) is 0 Å². The van der Waals surface area contributed by atoms with Crippen molar-refractivity contribution in [1.82, 2.24) is 10.3 Å². The Morgan fingerprint density at radius 3 is 2.50 bits per heavy atom. The van der Waals surface area contributed by atoms with Crippen molar-refractivity contribution in [3.63, 3.8) is 0 Å². The number of nitrogens with one attached hydrogen (secondary N) is 2. The fourth-order valence-corrected chi connectivity index (χ4v) is 4.69. The molecule has 2 unspecified atom stereocenters. The van der Waals surface area contributed by atoms with E-state index in [1.165, 1.54) is 12.1 Å². The van der Waals surface area contributed by atoms with Crippen LogP contribution in [0.4, 0.5) is 14.5 Å². The number of para-hydroxylation sites is 1. The predicted molar refractivity (Wildman–Crippen MR) is 149 cm³/mol. The first-order valence-corrected chi connectivity index (χ1v) is 12.6. The molecule has 0 radical (unpaired) electrons. The molecule has 2 amide bonds. The van der Waals surface area contributed by atoms with E-state index >= 15 is 0 Å². The van der Waals surface area contributed by atoms with Crippen LogP contribution >= 0.6 is 0 Å². The third-order valence-electron chi connectivity index (χ3n) is 6.58. The lowest BCUT2D eigenvalue weighted by Gasteiger charge is -2.19. The summed E-state index contributed by atoms with van der Waals surface area (Å²) in [6.07, 6.45) is 3.06. The van der Waals surface area contributed by atoms with Crippen LogP contribution in [0.15, 0.2) is 85.1 Å². The highest BCUT2D eigenvalue weighted by atomic mass is 19.1. The molecule has 9 heteroatoms. The van der Waals surface area contributed by atoms with E-state index in [-0.39, 0.29) is 24.3 Å². The first-order chi connectivity index (χ1) is 19.3. The molecule has 3 aromatic carbocycles. The maximum Gasteiger partial charge on any atom is 0.248 e. The molecular weight excluding hydrogens is 514 g/mol. The number of primary amides is 1. The quantitative estimate of drug-likeness (QED) is 0.273. The zero-order valence-electron chi connectivity index (χ0n) is 21.7. The summed E-state index contributed by atoms with van der Waals surface area (Å²) in [7, 11) is 1.76. The molecule has 5 rings (SSSR count). The lowest BCUT2D eigenvalue weighted by atomic mass is 9.94. The van der Waals surface area contributed by atoms with E-state index in [2.05, 4.69) is 15.6 Å². The number of carbonyl (C=O) groups is 3. The molecule has 40 heavy (non-hydrogen) atoms. The molecule has 4 N–H and O–H groups in total. The molecule has 0 saturated carbocycles. The van der Waals surface area contributed by atoms with Crippen molar-refractivity contribution in [2.45, 2.75) is 24.8 Å². The van der Waals surface area contributed by atoms with Crippen LogP contribution in [0.5, 0.6) is 0 Å². The first kappa shape index (κ1) is 28.3. The van der Waals surface area contributed by atoms with Gasteiger partial charge in [-0.1, -0.05) is 36.4 Å². The number of fused-ring (bicyclic) bond motifs is 1. The summed E-state index contributed by atoms with van der Waals surface area (Å²) < 4.78 is 27.1. The number of nitrogens with zero attached hydrogens (tertiary/aromatic N) is 1. The Bertz CT molecular complexity index is 1520. The highest BCUT2D eigenvalue weighted by Crippen LogP contribution is 2.33. The van der Waals surface area contributed by atoms with Gasteiger partial charge in [-0.05, 0) is 66.6 Å². The van der Waals surface area contributed by atoms with E-state index in [4.69, 9.17) is 5.73 Å². The highest BCUT2D eigenvalue weighted by molar-refractivity contribution is 6.03. The van der Waals surface area contributed by atoms with Crippen molar-refractivity contribution in [3.05, 3.63) is 119 Å². The number of halogens is 2. The molecule has 4 aromatic rings. The second-order valence-corrected chi connectivity index (χ2v) is 9.24.